The Balaban J connectivity index is 2.71. The van der Waals surface area contributed by atoms with Crippen molar-refractivity contribution in [3.05, 3.63) is 0 Å². The Morgan fingerprint density at radius 2 is 2.06 bits per heavy atom. The number of hydrogen-bond acceptors (Lipinski definition) is 3. The first kappa shape index (κ1) is 14.4. The van der Waals surface area contributed by atoms with E-state index in [4.69, 9.17) is 5.11 Å². The van der Waals surface area contributed by atoms with Crippen molar-refractivity contribution in [3.8, 4) is 0 Å². The Morgan fingerprint density at radius 3 is 2.47 bits per heavy atom. The van der Waals surface area contributed by atoms with E-state index in [1.165, 1.54) is 4.31 Å². The van der Waals surface area contributed by atoms with Crippen LogP contribution in [0.25, 0.3) is 0 Å². The topological polar surface area (TPSA) is 74.7 Å². The average Bonchev–Trinajstić information content (AvgIpc) is 2.58. The zero-order valence-corrected chi connectivity index (χ0v) is 11.4. The molecule has 2 atom stereocenters. The summed E-state index contributed by atoms with van der Waals surface area (Å²) < 4.78 is 25.5. The third-order valence-corrected chi connectivity index (χ3v) is 5.31. The summed E-state index contributed by atoms with van der Waals surface area (Å²) >= 11 is 0. The van der Waals surface area contributed by atoms with Gasteiger partial charge < -0.3 is 5.11 Å². The van der Waals surface area contributed by atoms with Gasteiger partial charge in [-0.2, -0.15) is 4.31 Å². The van der Waals surface area contributed by atoms with E-state index in [1.54, 1.807) is 6.92 Å². The molecule has 1 fully saturated rings. The molecule has 0 aromatic heterocycles. The summed E-state index contributed by atoms with van der Waals surface area (Å²) in [5, 5.41) is 8.96. The zero-order chi connectivity index (χ0) is 13.2. The Kier molecular flexibility index (Phi) is 4.55. The molecular formula is C11H21NO4S. The number of carboxylic acid groups (broad SMARTS) is 1. The van der Waals surface area contributed by atoms with Crippen molar-refractivity contribution in [1.82, 2.24) is 4.31 Å². The fraction of sp³-hybridized carbons (Fsp3) is 0.909. The highest BCUT2D eigenvalue weighted by Gasteiger charge is 2.41. The van der Waals surface area contributed by atoms with E-state index in [-0.39, 0.29) is 5.75 Å². The normalized spacial score (nSPS) is 26.6. The minimum atomic E-state index is -3.30. The van der Waals surface area contributed by atoms with Crippen molar-refractivity contribution in [2.24, 2.45) is 11.8 Å². The lowest BCUT2D eigenvalue weighted by Gasteiger charge is -2.23. The second-order valence-electron chi connectivity index (χ2n) is 5.08. The lowest BCUT2D eigenvalue weighted by Crippen LogP contribution is -2.39. The Morgan fingerprint density at radius 1 is 1.47 bits per heavy atom. The van der Waals surface area contributed by atoms with Crippen molar-refractivity contribution >= 4 is 16.0 Å². The van der Waals surface area contributed by atoms with Crippen LogP contribution in [0.1, 0.15) is 33.6 Å². The van der Waals surface area contributed by atoms with Gasteiger partial charge in [0, 0.05) is 12.6 Å². The molecule has 0 aromatic rings. The van der Waals surface area contributed by atoms with Crippen LogP contribution < -0.4 is 0 Å². The monoisotopic (exact) mass is 263 g/mol. The molecule has 6 heteroatoms. The molecule has 0 saturated carbocycles. The number of aliphatic carboxylic acids is 1. The number of hydrogen-bond donors (Lipinski definition) is 1. The maximum Gasteiger partial charge on any atom is 0.308 e. The minimum Gasteiger partial charge on any atom is -0.481 e. The third kappa shape index (κ3) is 3.42. The number of carboxylic acids is 1. The lowest BCUT2D eigenvalue weighted by atomic mass is 10.0. The van der Waals surface area contributed by atoms with E-state index in [1.807, 2.05) is 13.8 Å². The number of sulfonamides is 1. The smallest absolute Gasteiger partial charge is 0.308 e. The van der Waals surface area contributed by atoms with Crippen LogP contribution in [-0.2, 0) is 14.8 Å². The molecule has 17 heavy (non-hydrogen) atoms. The van der Waals surface area contributed by atoms with E-state index < -0.39 is 28.0 Å². The third-order valence-electron chi connectivity index (χ3n) is 3.32. The summed E-state index contributed by atoms with van der Waals surface area (Å²) in [4.78, 5) is 10.9. The molecule has 1 rings (SSSR count). The van der Waals surface area contributed by atoms with Crippen molar-refractivity contribution in [2.75, 3.05) is 12.3 Å². The maximum atomic E-state index is 12.0. The van der Waals surface area contributed by atoms with Gasteiger partial charge in [-0.15, -0.1) is 0 Å². The SMILES string of the molecule is CC(C)CCS(=O)(=O)N1CCC(C(=O)O)C1C. The quantitative estimate of drug-likeness (QED) is 0.807. The molecule has 0 spiro atoms. The van der Waals surface area contributed by atoms with Crippen LogP contribution in [-0.4, -0.2) is 42.1 Å². The van der Waals surface area contributed by atoms with Gasteiger partial charge in [-0.3, -0.25) is 4.79 Å². The first-order chi connectivity index (χ1) is 7.75. The fourth-order valence-corrected chi connectivity index (χ4v) is 4.18. The molecule has 100 valence electrons. The van der Waals surface area contributed by atoms with Crippen LogP contribution in [0.5, 0.6) is 0 Å². The lowest BCUT2D eigenvalue weighted by molar-refractivity contribution is -0.142. The molecule has 0 radical (unpaired) electrons. The summed E-state index contributed by atoms with van der Waals surface area (Å²) in [6.45, 7) is 5.96. The first-order valence-electron chi connectivity index (χ1n) is 5.98. The van der Waals surface area contributed by atoms with Crippen molar-refractivity contribution in [2.45, 2.75) is 39.7 Å². The van der Waals surface area contributed by atoms with Gasteiger partial charge in [0.25, 0.3) is 0 Å². The molecule has 1 N–H and O–H groups in total. The second-order valence-corrected chi connectivity index (χ2v) is 7.12. The van der Waals surface area contributed by atoms with Crippen molar-refractivity contribution in [3.63, 3.8) is 0 Å². The van der Waals surface area contributed by atoms with Gasteiger partial charge >= 0.3 is 5.97 Å². The van der Waals surface area contributed by atoms with Crippen LogP contribution in [0.4, 0.5) is 0 Å². The minimum absolute atomic E-state index is 0.112. The molecule has 1 aliphatic rings. The highest BCUT2D eigenvalue weighted by molar-refractivity contribution is 7.89. The summed E-state index contributed by atoms with van der Waals surface area (Å²) in [6, 6.07) is -0.426. The highest BCUT2D eigenvalue weighted by Crippen LogP contribution is 2.27. The molecule has 0 bridgehead atoms. The molecule has 0 amide bonds. The van der Waals surface area contributed by atoms with Gasteiger partial charge in [-0.25, -0.2) is 8.42 Å². The molecular weight excluding hydrogens is 242 g/mol. The van der Waals surface area contributed by atoms with E-state index in [0.717, 1.165) is 0 Å². The van der Waals surface area contributed by atoms with Gasteiger partial charge in [-0.05, 0) is 25.7 Å². The van der Waals surface area contributed by atoms with E-state index in [0.29, 0.717) is 25.3 Å². The van der Waals surface area contributed by atoms with Crippen LogP contribution in [0.15, 0.2) is 0 Å². The van der Waals surface area contributed by atoms with E-state index in [9.17, 15) is 13.2 Å². The molecule has 1 saturated heterocycles. The summed E-state index contributed by atoms with van der Waals surface area (Å²) in [5.74, 6) is -1.03. The predicted molar refractivity (Wildman–Crippen MR) is 65.2 cm³/mol. The molecule has 1 heterocycles. The molecule has 2 unspecified atom stereocenters. The van der Waals surface area contributed by atoms with Crippen LogP contribution in [0, 0.1) is 11.8 Å². The van der Waals surface area contributed by atoms with Gasteiger partial charge in [-0.1, -0.05) is 13.8 Å². The first-order valence-corrected chi connectivity index (χ1v) is 7.59. The van der Waals surface area contributed by atoms with Crippen LogP contribution >= 0.6 is 0 Å². The van der Waals surface area contributed by atoms with Gasteiger partial charge in [0.2, 0.25) is 10.0 Å². The van der Waals surface area contributed by atoms with Gasteiger partial charge in [0.1, 0.15) is 0 Å². The zero-order valence-electron chi connectivity index (χ0n) is 10.6. The largest absolute Gasteiger partial charge is 0.481 e. The second kappa shape index (κ2) is 5.35. The number of carbonyl (C=O) groups is 1. The summed E-state index contributed by atoms with van der Waals surface area (Å²) in [5.41, 5.74) is 0. The Bertz CT molecular complexity index is 377. The average molecular weight is 263 g/mol. The standard InChI is InChI=1S/C11H21NO4S/c1-8(2)5-7-17(15,16)12-6-4-10(9(12)3)11(13)14/h8-10H,4-7H2,1-3H3,(H,13,14). The Labute approximate surface area is 103 Å². The van der Waals surface area contributed by atoms with Crippen molar-refractivity contribution < 1.29 is 18.3 Å². The highest BCUT2D eigenvalue weighted by atomic mass is 32.2. The molecule has 0 aliphatic carbocycles. The van der Waals surface area contributed by atoms with Crippen LogP contribution in [0.3, 0.4) is 0 Å². The van der Waals surface area contributed by atoms with Crippen LogP contribution in [0.2, 0.25) is 0 Å². The predicted octanol–water partition coefficient (Wildman–Crippen LogP) is 1.16. The fourth-order valence-electron chi connectivity index (χ4n) is 2.14. The Hall–Kier alpha value is -0.620. The maximum absolute atomic E-state index is 12.0. The number of rotatable bonds is 5. The number of nitrogens with zero attached hydrogens (tertiary/aromatic N) is 1. The molecule has 5 nitrogen and oxygen atoms in total. The summed E-state index contributed by atoms with van der Waals surface area (Å²) in [6.07, 6.45) is 1.03. The summed E-state index contributed by atoms with van der Waals surface area (Å²) in [7, 11) is -3.30. The molecule has 0 aromatic carbocycles. The van der Waals surface area contributed by atoms with Crippen molar-refractivity contribution in [1.29, 1.82) is 0 Å². The van der Waals surface area contributed by atoms with Gasteiger partial charge in [0.15, 0.2) is 0 Å². The molecule has 1 aliphatic heterocycles. The van der Waals surface area contributed by atoms with E-state index in [2.05, 4.69) is 0 Å². The van der Waals surface area contributed by atoms with Gasteiger partial charge in [0.05, 0.1) is 11.7 Å². The van der Waals surface area contributed by atoms with E-state index >= 15 is 0 Å².